The van der Waals surface area contributed by atoms with Crippen molar-refractivity contribution in [3.8, 4) is 5.75 Å². The van der Waals surface area contributed by atoms with Crippen molar-refractivity contribution in [2.75, 3.05) is 14.2 Å². The molecule has 0 saturated heterocycles. The van der Waals surface area contributed by atoms with Crippen LogP contribution in [0.5, 0.6) is 5.75 Å². The van der Waals surface area contributed by atoms with Crippen LogP contribution in [0.1, 0.15) is 0 Å². The molecule has 0 aliphatic heterocycles. The van der Waals surface area contributed by atoms with Crippen molar-refractivity contribution in [3.05, 3.63) is 24.3 Å². The monoisotopic (exact) mass is 261 g/mol. The van der Waals surface area contributed by atoms with Crippen LogP contribution in [-0.4, -0.2) is 32.1 Å². The summed E-state index contributed by atoms with van der Waals surface area (Å²) in [6.07, 6.45) is -4.89. The van der Waals surface area contributed by atoms with Gasteiger partial charge in [-0.2, -0.15) is 13.2 Å². The lowest BCUT2D eigenvalue weighted by molar-refractivity contribution is -0.137. The fraction of sp³-hybridized carbons (Fsp3) is 0.273. The number of carbonyl (C=O) groups is 1. The number of alkyl halides is 3. The molecule has 0 fully saturated rings. The second kappa shape index (κ2) is 5.52. The van der Waals surface area contributed by atoms with E-state index in [1.807, 2.05) is 0 Å². The summed E-state index contributed by atoms with van der Waals surface area (Å²) in [5.74, 6) is -1.42. The molecule has 0 heterocycles. The third-order valence-corrected chi connectivity index (χ3v) is 1.96. The Hall–Kier alpha value is -2.05. The highest BCUT2D eigenvalue weighted by Crippen LogP contribution is 2.29. The quantitative estimate of drug-likeness (QED) is 0.620. The van der Waals surface area contributed by atoms with Gasteiger partial charge in [-0.15, -0.1) is 0 Å². The first-order valence-corrected chi connectivity index (χ1v) is 4.77. The summed E-state index contributed by atoms with van der Waals surface area (Å²) in [4.78, 5) is 14.3. The van der Waals surface area contributed by atoms with Gasteiger partial charge in [0.15, 0.2) is 0 Å². The summed E-state index contributed by atoms with van der Waals surface area (Å²) in [5, 5.41) is 0. The van der Waals surface area contributed by atoms with Gasteiger partial charge in [0.25, 0.3) is 0 Å². The fourth-order valence-electron chi connectivity index (χ4n) is 1.16. The van der Waals surface area contributed by atoms with Crippen molar-refractivity contribution in [3.63, 3.8) is 0 Å². The number of carbonyl (C=O) groups excluding carboxylic acids is 1. The zero-order valence-corrected chi connectivity index (χ0v) is 9.62. The third kappa shape index (κ3) is 3.22. The predicted octanol–water partition coefficient (Wildman–Crippen LogP) is 2.50. The Kier molecular flexibility index (Phi) is 4.30. The Bertz CT molecular complexity index is 469. The molecule has 1 aromatic rings. The second-order valence-corrected chi connectivity index (χ2v) is 3.12. The average Bonchev–Trinajstić information content (AvgIpc) is 2.34. The number of methoxy groups -OCH3 is 2. The molecular formula is C11H10F3NO3. The number of ether oxygens (including phenoxy) is 2. The van der Waals surface area contributed by atoms with E-state index in [1.54, 1.807) is 6.07 Å². The van der Waals surface area contributed by atoms with Crippen LogP contribution >= 0.6 is 0 Å². The molecule has 4 nitrogen and oxygen atoms in total. The molecule has 0 N–H and O–H groups in total. The van der Waals surface area contributed by atoms with Gasteiger partial charge in [0.05, 0.1) is 14.2 Å². The maximum Gasteiger partial charge on any atom is 0.440 e. The Balaban J connectivity index is 3.28. The molecule has 0 saturated carbocycles. The minimum Gasteiger partial charge on any atom is -0.494 e. The van der Waals surface area contributed by atoms with Gasteiger partial charge < -0.3 is 9.47 Å². The maximum absolute atomic E-state index is 12.6. The molecule has 0 aliphatic rings. The Morgan fingerprint density at radius 3 is 2.33 bits per heavy atom. The smallest absolute Gasteiger partial charge is 0.440 e. The van der Waals surface area contributed by atoms with Gasteiger partial charge in [0.1, 0.15) is 11.4 Å². The van der Waals surface area contributed by atoms with Gasteiger partial charge in [-0.1, -0.05) is 12.1 Å². The molecule has 0 unspecified atom stereocenters. The van der Waals surface area contributed by atoms with Crippen molar-refractivity contribution >= 4 is 17.4 Å². The first-order valence-electron chi connectivity index (χ1n) is 4.77. The van der Waals surface area contributed by atoms with Crippen LogP contribution in [0.15, 0.2) is 29.3 Å². The SMILES string of the molecule is COC(=O)C(=Nc1ccccc1OC)C(F)(F)F. The summed E-state index contributed by atoms with van der Waals surface area (Å²) in [6.45, 7) is 0. The Morgan fingerprint density at radius 2 is 1.83 bits per heavy atom. The molecule has 0 atom stereocenters. The summed E-state index contributed by atoms with van der Waals surface area (Å²) in [5.41, 5.74) is -1.73. The van der Waals surface area contributed by atoms with Crippen LogP contribution in [-0.2, 0) is 9.53 Å². The molecule has 1 rings (SSSR count). The molecule has 1 aromatic carbocycles. The molecule has 18 heavy (non-hydrogen) atoms. The molecular weight excluding hydrogens is 251 g/mol. The van der Waals surface area contributed by atoms with E-state index >= 15 is 0 Å². The van der Waals surface area contributed by atoms with Gasteiger partial charge in [-0.05, 0) is 12.1 Å². The highest BCUT2D eigenvalue weighted by atomic mass is 19.4. The zero-order valence-electron chi connectivity index (χ0n) is 9.62. The lowest BCUT2D eigenvalue weighted by Crippen LogP contribution is -2.31. The summed E-state index contributed by atoms with van der Waals surface area (Å²) in [6, 6.07) is 5.79. The minimum atomic E-state index is -4.89. The number of hydrogen-bond acceptors (Lipinski definition) is 4. The van der Waals surface area contributed by atoms with E-state index in [0.29, 0.717) is 0 Å². The van der Waals surface area contributed by atoms with Crippen molar-refractivity contribution in [2.45, 2.75) is 6.18 Å². The number of rotatable bonds is 3. The van der Waals surface area contributed by atoms with Crippen molar-refractivity contribution in [1.82, 2.24) is 0 Å². The van der Waals surface area contributed by atoms with E-state index in [-0.39, 0.29) is 11.4 Å². The molecule has 7 heteroatoms. The Morgan fingerprint density at radius 1 is 1.22 bits per heavy atom. The second-order valence-electron chi connectivity index (χ2n) is 3.12. The maximum atomic E-state index is 12.6. The van der Waals surface area contributed by atoms with E-state index in [2.05, 4.69) is 9.73 Å². The first kappa shape index (κ1) is 14.0. The average molecular weight is 261 g/mol. The van der Waals surface area contributed by atoms with Gasteiger partial charge in [0.2, 0.25) is 5.71 Å². The van der Waals surface area contributed by atoms with Crippen molar-refractivity contribution in [2.24, 2.45) is 4.99 Å². The summed E-state index contributed by atoms with van der Waals surface area (Å²) < 4.78 is 46.7. The number of esters is 1. The van der Waals surface area contributed by atoms with E-state index in [4.69, 9.17) is 4.74 Å². The van der Waals surface area contributed by atoms with Crippen LogP contribution in [0.3, 0.4) is 0 Å². The number of benzene rings is 1. The van der Waals surface area contributed by atoms with Crippen LogP contribution in [0.2, 0.25) is 0 Å². The molecule has 0 aromatic heterocycles. The van der Waals surface area contributed by atoms with Crippen LogP contribution < -0.4 is 4.74 Å². The van der Waals surface area contributed by atoms with Gasteiger partial charge in [-0.25, -0.2) is 9.79 Å². The fourth-order valence-corrected chi connectivity index (χ4v) is 1.16. The van der Waals surface area contributed by atoms with E-state index < -0.39 is 17.9 Å². The number of aliphatic imine (C=N–C) groups is 1. The highest BCUT2D eigenvalue weighted by Gasteiger charge is 2.42. The summed E-state index contributed by atoms with van der Waals surface area (Å²) in [7, 11) is 2.14. The zero-order chi connectivity index (χ0) is 13.8. The third-order valence-electron chi connectivity index (χ3n) is 1.96. The van der Waals surface area contributed by atoms with Crippen LogP contribution in [0.25, 0.3) is 0 Å². The van der Waals surface area contributed by atoms with Crippen LogP contribution in [0, 0.1) is 0 Å². The lowest BCUT2D eigenvalue weighted by Gasteiger charge is -2.09. The number of para-hydroxylation sites is 2. The molecule has 0 aliphatic carbocycles. The molecule has 0 spiro atoms. The number of hydrogen-bond donors (Lipinski definition) is 0. The summed E-state index contributed by atoms with van der Waals surface area (Å²) >= 11 is 0. The Labute approximate surface area is 101 Å². The van der Waals surface area contributed by atoms with Gasteiger partial charge >= 0.3 is 12.1 Å². The minimum absolute atomic E-state index is 0.0993. The van der Waals surface area contributed by atoms with Crippen molar-refractivity contribution < 1.29 is 27.4 Å². The van der Waals surface area contributed by atoms with Gasteiger partial charge in [-0.3, -0.25) is 0 Å². The predicted molar refractivity (Wildman–Crippen MR) is 58.2 cm³/mol. The molecule has 0 radical (unpaired) electrons. The van der Waals surface area contributed by atoms with E-state index in [1.165, 1.54) is 25.3 Å². The van der Waals surface area contributed by atoms with Gasteiger partial charge in [0, 0.05) is 0 Å². The molecule has 0 amide bonds. The molecule has 98 valence electrons. The highest BCUT2D eigenvalue weighted by molar-refractivity contribution is 6.39. The van der Waals surface area contributed by atoms with E-state index in [9.17, 15) is 18.0 Å². The number of nitrogens with zero attached hydrogens (tertiary/aromatic N) is 1. The topological polar surface area (TPSA) is 47.9 Å². The van der Waals surface area contributed by atoms with E-state index in [0.717, 1.165) is 7.11 Å². The largest absolute Gasteiger partial charge is 0.494 e. The first-order chi connectivity index (χ1) is 8.40. The normalized spacial score (nSPS) is 12.2. The standard InChI is InChI=1S/C11H10F3NO3/c1-17-8-6-4-3-5-7(8)15-9(10(16)18-2)11(12,13)14/h3-6H,1-2H3. The van der Waals surface area contributed by atoms with Crippen LogP contribution in [0.4, 0.5) is 18.9 Å². The number of halogens is 3. The molecule has 0 bridgehead atoms. The van der Waals surface area contributed by atoms with Crippen molar-refractivity contribution in [1.29, 1.82) is 0 Å². The lowest BCUT2D eigenvalue weighted by atomic mass is 10.3.